The van der Waals surface area contributed by atoms with E-state index in [1.807, 2.05) is 22.6 Å². The maximum atomic E-state index is 12.5. The average Bonchev–Trinajstić information content (AvgIpc) is 2.63. The van der Waals surface area contributed by atoms with Crippen LogP contribution in [0.2, 0.25) is 0 Å². The van der Waals surface area contributed by atoms with Crippen LogP contribution in [-0.4, -0.2) is 61.1 Å². The smallest absolute Gasteiger partial charge is 0.337 e. The van der Waals surface area contributed by atoms with E-state index in [4.69, 9.17) is 9.47 Å². The van der Waals surface area contributed by atoms with Crippen LogP contribution in [0, 0.1) is 10.7 Å². The molecule has 0 spiro atoms. The first-order valence-corrected chi connectivity index (χ1v) is 11.8. The minimum Gasteiger partial charge on any atom is -0.478 e. The van der Waals surface area contributed by atoms with Gasteiger partial charge in [-0.2, -0.15) is 0 Å². The van der Waals surface area contributed by atoms with Gasteiger partial charge in [-0.1, -0.05) is 0 Å². The molecule has 0 aliphatic heterocycles. The zero-order valence-electron chi connectivity index (χ0n) is 16.9. The van der Waals surface area contributed by atoms with E-state index in [1.54, 1.807) is 45.2 Å². The van der Waals surface area contributed by atoms with Crippen molar-refractivity contribution in [3.8, 4) is 0 Å². The highest BCUT2D eigenvalue weighted by Gasteiger charge is 2.32. The van der Waals surface area contributed by atoms with Gasteiger partial charge in [-0.25, -0.2) is 4.79 Å². The van der Waals surface area contributed by atoms with Crippen molar-refractivity contribution >= 4 is 103 Å². The first kappa shape index (κ1) is 27.8. The Morgan fingerprint density at radius 2 is 1.52 bits per heavy atom. The minimum absolute atomic E-state index is 0.104. The third kappa shape index (κ3) is 7.13. The van der Waals surface area contributed by atoms with Crippen LogP contribution in [0.3, 0.4) is 0 Å². The summed E-state index contributed by atoms with van der Waals surface area (Å²) in [5.41, 5.74) is 0.155. The van der Waals surface area contributed by atoms with Gasteiger partial charge >= 0.3 is 17.9 Å². The molecule has 2 amide bonds. The number of hydrogen-bond donors (Lipinski definition) is 2. The van der Waals surface area contributed by atoms with E-state index >= 15 is 0 Å². The van der Waals surface area contributed by atoms with Gasteiger partial charge in [-0.05, 0) is 67.8 Å². The molecular weight excluding hydrogens is 753 g/mol. The summed E-state index contributed by atoms with van der Waals surface area (Å²) in [6.07, 6.45) is -1.01. The summed E-state index contributed by atoms with van der Waals surface area (Å²) in [5.74, 6) is -3.52. The summed E-state index contributed by atoms with van der Waals surface area (Å²) >= 11 is 5.46. The lowest BCUT2D eigenvalue weighted by Crippen LogP contribution is -2.42. The average molecular weight is 772 g/mol. The second-order valence-electron chi connectivity index (χ2n) is 6.09. The van der Waals surface area contributed by atoms with Crippen LogP contribution in [0.5, 0.6) is 0 Å². The van der Waals surface area contributed by atoms with Crippen LogP contribution in [0.4, 0.5) is 5.69 Å². The van der Waals surface area contributed by atoms with Crippen molar-refractivity contribution in [2.75, 3.05) is 25.1 Å². The van der Waals surface area contributed by atoms with Crippen molar-refractivity contribution in [1.82, 2.24) is 5.32 Å². The molecule has 10 nitrogen and oxygen atoms in total. The van der Waals surface area contributed by atoms with Crippen LogP contribution in [0.15, 0.2) is 0 Å². The molecule has 31 heavy (non-hydrogen) atoms. The maximum absolute atomic E-state index is 12.5. The number of benzene rings is 1. The van der Waals surface area contributed by atoms with Gasteiger partial charge in [0.25, 0.3) is 5.91 Å². The monoisotopic (exact) mass is 772 g/mol. The number of carboxylic acid groups (broad SMARTS) is 1. The van der Waals surface area contributed by atoms with E-state index in [0.29, 0.717) is 3.57 Å². The molecule has 1 unspecified atom stereocenters. The van der Waals surface area contributed by atoms with Crippen molar-refractivity contribution in [3.05, 3.63) is 21.8 Å². The third-order valence-electron chi connectivity index (χ3n) is 3.80. The van der Waals surface area contributed by atoms with E-state index in [-0.39, 0.29) is 37.1 Å². The standard InChI is InChI=1S/C18H19I3N2O8/c1-7(24)23(5-10(31-9(3)26)6-30-8(2)25)16-14(20)11(17(27)22-4)13(19)12(15(16)21)18(28)29/h10H,5-6H2,1-4H3,(H,22,27)(H,28,29). The molecule has 0 aliphatic rings. The van der Waals surface area contributed by atoms with Gasteiger partial charge in [0.05, 0.1) is 30.5 Å². The number of hydrogen-bond acceptors (Lipinski definition) is 7. The summed E-state index contributed by atoms with van der Waals surface area (Å²) in [6.45, 7) is 3.09. The van der Waals surface area contributed by atoms with Crippen LogP contribution >= 0.6 is 67.8 Å². The van der Waals surface area contributed by atoms with Gasteiger partial charge in [0.1, 0.15) is 6.61 Å². The molecule has 0 aromatic heterocycles. The number of amides is 2. The van der Waals surface area contributed by atoms with Crippen molar-refractivity contribution in [2.45, 2.75) is 26.9 Å². The number of anilines is 1. The number of nitrogens with zero attached hydrogens (tertiary/aromatic N) is 1. The van der Waals surface area contributed by atoms with Crippen molar-refractivity contribution < 1.29 is 38.6 Å². The molecule has 0 aliphatic carbocycles. The fourth-order valence-electron chi connectivity index (χ4n) is 2.55. The van der Waals surface area contributed by atoms with Gasteiger partial charge in [-0.15, -0.1) is 0 Å². The number of ether oxygens (including phenoxy) is 2. The van der Waals surface area contributed by atoms with Crippen LogP contribution in [0.25, 0.3) is 0 Å². The molecule has 170 valence electrons. The molecule has 0 radical (unpaired) electrons. The molecule has 0 saturated carbocycles. The van der Waals surface area contributed by atoms with E-state index < -0.39 is 35.8 Å². The quantitative estimate of drug-likeness (QED) is 0.304. The number of nitrogens with one attached hydrogen (secondary N) is 1. The van der Waals surface area contributed by atoms with Crippen LogP contribution in [0.1, 0.15) is 41.5 Å². The topological polar surface area (TPSA) is 139 Å². The number of carbonyl (C=O) groups is 5. The fourth-order valence-corrected chi connectivity index (χ4v) is 7.25. The number of carbonyl (C=O) groups excluding carboxylic acids is 4. The highest BCUT2D eigenvalue weighted by Crippen LogP contribution is 2.38. The second kappa shape index (κ2) is 12.1. The molecule has 1 aromatic rings. The van der Waals surface area contributed by atoms with E-state index in [1.165, 1.54) is 32.7 Å². The molecule has 0 heterocycles. The Labute approximate surface area is 219 Å². The van der Waals surface area contributed by atoms with Gasteiger partial charge in [0.2, 0.25) is 5.91 Å². The predicted molar refractivity (Wildman–Crippen MR) is 135 cm³/mol. The van der Waals surface area contributed by atoms with E-state index in [9.17, 15) is 29.1 Å². The second-order valence-corrected chi connectivity index (χ2v) is 9.32. The van der Waals surface area contributed by atoms with Gasteiger partial charge < -0.3 is 24.8 Å². The minimum atomic E-state index is -1.27. The van der Waals surface area contributed by atoms with E-state index in [0.717, 1.165) is 0 Å². The molecule has 13 heteroatoms. The Morgan fingerprint density at radius 3 is 1.94 bits per heavy atom. The lowest BCUT2D eigenvalue weighted by molar-refractivity contribution is -0.155. The Balaban J connectivity index is 3.70. The summed E-state index contributed by atoms with van der Waals surface area (Å²) in [4.78, 5) is 60.8. The van der Waals surface area contributed by atoms with Crippen molar-refractivity contribution in [3.63, 3.8) is 0 Å². The van der Waals surface area contributed by atoms with Crippen molar-refractivity contribution in [1.29, 1.82) is 0 Å². The first-order chi connectivity index (χ1) is 14.3. The third-order valence-corrected chi connectivity index (χ3v) is 6.98. The predicted octanol–water partition coefficient (Wildman–Crippen LogP) is 2.41. The Hall–Kier alpha value is -1.24. The summed E-state index contributed by atoms with van der Waals surface area (Å²) < 4.78 is 10.9. The first-order valence-electron chi connectivity index (χ1n) is 8.57. The molecule has 0 saturated heterocycles. The molecule has 1 rings (SSSR count). The van der Waals surface area contributed by atoms with Crippen LogP contribution < -0.4 is 10.2 Å². The molecule has 0 bridgehead atoms. The zero-order valence-corrected chi connectivity index (χ0v) is 23.4. The van der Waals surface area contributed by atoms with Crippen LogP contribution in [-0.2, 0) is 23.9 Å². The number of aromatic carboxylic acids is 1. The molecule has 1 aromatic carbocycles. The Bertz CT molecular complexity index is 935. The Morgan fingerprint density at radius 1 is 0.968 bits per heavy atom. The largest absolute Gasteiger partial charge is 0.478 e. The summed E-state index contributed by atoms with van der Waals surface area (Å²) in [5, 5.41) is 12.2. The van der Waals surface area contributed by atoms with Gasteiger partial charge in [0.15, 0.2) is 6.10 Å². The fraction of sp³-hybridized carbons (Fsp3) is 0.389. The lowest BCUT2D eigenvalue weighted by Gasteiger charge is -2.29. The number of carboxylic acids is 1. The zero-order chi connectivity index (χ0) is 24.0. The molecule has 2 N–H and O–H groups in total. The normalized spacial score (nSPS) is 11.3. The highest BCUT2D eigenvalue weighted by atomic mass is 127. The number of esters is 2. The lowest BCUT2D eigenvalue weighted by atomic mass is 10.1. The number of rotatable bonds is 8. The molecule has 1 atom stereocenters. The maximum Gasteiger partial charge on any atom is 0.337 e. The Kier molecular flexibility index (Phi) is 10.9. The molecular formula is C18H19I3N2O8. The molecule has 0 fully saturated rings. The summed E-state index contributed by atoms with van der Waals surface area (Å²) in [7, 11) is 1.41. The number of halogens is 3. The SMILES string of the molecule is CNC(=O)c1c(I)c(C(=O)O)c(I)c(N(CC(COC(C)=O)OC(C)=O)C(C)=O)c1I. The van der Waals surface area contributed by atoms with Gasteiger partial charge in [-0.3, -0.25) is 19.2 Å². The highest BCUT2D eigenvalue weighted by molar-refractivity contribution is 14.1. The van der Waals surface area contributed by atoms with Gasteiger partial charge in [0, 0.05) is 31.4 Å². The van der Waals surface area contributed by atoms with Crippen molar-refractivity contribution in [2.24, 2.45) is 0 Å². The van der Waals surface area contributed by atoms with E-state index in [2.05, 4.69) is 5.32 Å². The summed E-state index contributed by atoms with van der Waals surface area (Å²) in [6, 6.07) is 0.